The molecule has 0 atom stereocenters. The summed E-state index contributed by atoms with van der Waals surface area (Å²) in [6, 6.07) is 10.7. The van der Waals surface area contributed by atoms with Crippen LogP contribution in [0, 0.1) is 10.1 Å². The van der Waals surface area contributed by atoms with E-state index in [0.717, 1.165) is 21.1 Å². The first-order valence-electron chi connectivity index (χ1n) is 5.97. The first-order valence-corrected chi connectivity index (χ1v) is 6.76. The van der Waals surface area contributed by atoms with Gasteiger partial charge in [0.05, 0.1) is 22.7 Å². The van der Waals surface area contributed by atoms with E-state index >= 15 is 0 Å². The van der Waals surface area contributed by atoms with Crippen molar-refractivity contribution in [3.05, 3.63) is 69.1 Å². The summed E-state index contributed by atoms with van der Waals surface area (Å²) >= 11 is 3.34. The summed E-state index contributed by atoms with van der Waals surface area (Å²) in [5.41, 5.74) is 1.84. The molecule has 0 aliphatic carbocycles. The monoisotopic (exact) mass is 331 g/mol. The van der Waals surface area contributed by atoms with Crippen molar-refractivity contribution < 1.29 is 4.92 Å². The van der Waals surface area contributed by atoms with Gasteiger partial charge in [-0.1, -0.05) is 0 Å². The molecule has 2 aromatic heterocycles. The second-order valence-corrected chi connectivity index (χ2v) is 5.33. The molecule has 0 aliphatic rings. The Kier molecular flexibility index (Phi) is 3.23. The van der Waals surface area contributed by atoms with Crippen LogP contribution in [0.3, 0.4) is 0 Å². The minimum absolute atomic E-state index is 0.0983. The zero-order chi connectivity index (χ0) is 14.1. The summed E-state index contributed by atoms with van der Waals surface area (Å²) in [6.07, 6.45) is 3.65. The molecule has 100 valence electrons. The van der Waals surface area contributed by atoms with E-state index in [4.69, 9.17) is 0 Å². The number of fused-ring (bicyclic) bond motifs is 1. The number of benzene rings is 1. The summed E-state index contributed by atoms with van der Waals surface area (Å²) in [5.74, 6) is 0. The lowest BCUT2D eigenvalue weighted by molar-refractivity contribution is -0.384. The third-order valence-electron chi connectivity index (χ3n) is 3.09. The third kappa shape index (κ3) is 2.42. The fraction of sp³-hybridized carbons (Fsp3) is 0.0714. The van der Waals surface area contributed by atoms with Crippen molar-refractivity contribution in [2.24, 2.45) is 0 Å². The molecule has 0 unspecified atom stereocenters. The largest absolute Gasteiger partial charge is 0.341 e. The van der Waals surface area contributed by atoms with E-state index in [1.807, 2.05) is 29.0 Å². The van der Waals surface area contributed by atoms with Crippen LogP contribution in [0.5, 0.6) is 0 Å². The van der Waals surface area contributed by atoms with Crippen LogP contribution < -0.4 is 0 Å². The van der Waals surface area contributed by atoms with Gasteiger partial charge in [-0.25, -0.2) is 0 Å². The summed E-state index contributed by atoms with van der Waals surface area (Å²) in [7, 11) is 0. The van der Waals surface area contributed by atoms with Gasteiger partial charge in [-0.2, -0.15) is 0 Å². The van der Waals surface area contributed by atoms with Gasteiger partial charge < -0.3 is 4.57 Å². The lowest BCUT2D eigenvalue weighted by Crippen LogP contribution is -2.00. The Balaban J connectivity index is 2.00. The minimum atomic E-state index is -0.380. The van der Waals surface area contributed by atoms with Crippen LogP contribution in [0.15, 0.2) is 53.3 Å². The van der Waals surface area contributed by atoms with Crippen LogP contribution in [0.25, 0.3) is 10.9 Å². The predicted molar refractivity (Wildman–Crippen MR) is 79.6 cm³/mol. The van der Waals surface area contributed by atoms with Crippen LogP contribution in [0.2, 0.25) is 0 Å². The minimum Gasteiger partial charge on any atom is -0.341 e. The number of non-ortho nitro benzene ring substituents is 1. The smallest absolute Gasteiger partial charge is 0.271 e. The van der Waals surface area contributed by atoms with Crippen LogP contribution in [0.1, 0.15) is 5.69 Å². The topological polar surface area (TPSA) is 61.0 Å². The SMILES string of the molecule is O=[N+]([O-])c1ccc2ccn(Cc3ccc(Br)cn3)c2c1. The first-order chi connectivity index (χ1) is 9.63. The molecule has 3 rings (SSSR count). The molecule has 20 heavy (non-hydrogen) atoms. The summed E-state index contributed by atoms with van der Waals surface area (Å²) < 4.78 is 2.88. The normalized spacial score (nSPS) is 10.8. The zero-order valence-corrected chi connectivity index (χ0v) is 11.9. The molecule has 0 spiro atoms. The molecule has 0 amide bonds. The first kappa shape index (κ1) is 12.8. The molecule has 5 nitrogen and oxygen atoms in total. The number of aromatic nitrogens is 2. The van der Waals surface area contributed by atoms with E-state index in [-0.39, 0.29) is 10.6 Å². The Bertz CT molecular complexity index is 781. The quantitative estimate of drug-likeness (QED) is 0.542. The molecule has 1 aromatic carbocycles. The Labute approximate surface area is 123 Å². The van der Waals surface area contributed by atoms with Crippen LogP contribution in [-0.2, 0) is 6.54 Å². The lowest BCUT2D eigenvalue weighted by Gasteiger charge is -2.05. The van der Waals surface area contributed by atoms with Gasteiger partial charge >= 0.3 is 0 Å². The molecular formula is C14H10BrN3O2. The van der Waals surface area contributed by atoms with Gasteiger partial charge in [-0.15, -0.1) is 0 Å². The second kappa shape index (κ2) is 5.05. The molecule has 0 N–H and O–H groups in total. The highest BCUT2D eigenvalue weighted by Gasteiger charge is 2.09. The molecule has 6 heteroatoms. The molecule has 2 heterocycles. The molecule has 0 aliphatic heterocycles. The van der Waals surface area contributed by atoms with E-state index in [1.165, 1.54) is 6.07 Å². The maximum atomic E-state index is 10.9. The van der Waals surface area contributed by atoms with Crippen LogP contribution in [0.4, 0.5) is 5.69 Å². The van der Waals surface area contributed by atoms with Crippen molar-refractivity contribution in [2.45, 2.75) is 6.54 Å². The second-order valence-electron chi connectivity index (χ2n) is 4.41. The average molecular weight is 332 g/mol. The van der Waals surface area contributed by atoms with Crippen LogP contribution in [-0.4, -0.2) is 14.5 Å². The number of hydrogen-bond acceptors (Lipinski definition) is 3. The third-order valence-corrected chi connectivity index (χ3v) is 3.56. The highest BCUT2D eigenvalue weighted by molar-refractivity contribution is 9.10. The molecule has 0 saturated carbocycles. The summed E-state index contributed by atoms with van der Waals surface area (Å²) in [6.45, 7) is 0.581. The Morgan fingerprint density at radius 3 is 2.80 bits per heavy atom. The van der Waals surface area contributed by atoms with Crippen molar-refractivity contribution in [3.63, 3.8) is 0 Å². The van der Waals surface area contributed by atoms with Gasteiger partial charge in [0.25, 0.3) is 5.69 Å². The average Bonchev–Trinajstić information content (AvgIpc) is 2.84. The van der Waals surface area contributed by atoms with E-state index in [2.05, 4.69) is 20.9 Å². The van der Waals surface area contributed by atoms with Crippen molar-refractivity contribution in [1.29, 1.82) is 0 Å². The van der Waals surface area contributed by atoms with Crippen molar-refractivity contribution in [2.75, 3.05) is 0 Å². The maximum Gasteiger partial charge on any atom is 0.271 e. The number of nitrogens with zero attached hydrogens (tertiary/aromatic N) is 3. The fourth-order valence-corrected chi connectivity index (χ4v) is 2.33. The number of hydrogen-bond donors (Lipinski definition) is 0. The Hall–Kier alpha value is -2.21. The molecule has 0 radical (unpaired) electrons. The van der Waals surface area contributed by atoms with Gasteiger partial charge in [0.2, 0.25) is 0 Å². The molecule has 0 saturated heterocycles. The molecule has 0 bridgehead atoms. The number of rotatable bonds is 3. The highest BCUT2D eigenvalue weighted by Crippen LogP contribution is 2.22. The maximum absolute atomic E-state index is 10.9. The van der Waals surface area contributed by atoms with Gasteiger partial charge in [-0.3, -0.25) is 15.1 Å². The predicted octanol–water partition coefficient (Wildman–Crippen LogP) is 3.76. The van der Waals surface area contributed by atoms with E-state index in [0.29, 0.717) is 6.54 Å². The summed E-state index contributed by atoms with van der Waals surface area (Å²) in [5, 5.41) is 11.8. The molecule has 0 fully saturated rings. The summed E-state index contributed by atoms with van der Waals surface area (Å²) in [4.78, 5) is 14.8. The number of nitro groups is 1. The van der Waals surface area contributed by atoms with Gasteiger partial charge in [0.15, 0.2) is 0 Å². The van der Waals surface area contributed by atoms with E-state index in [9.17, 15) is 10.1 Å². The molecule has 3 aromatic rings. The van der Waals surface area contributed by atoms with Crippen molar-refractivity contribution in [3.8, 4) is 0 Å². The lowest BCUT2D eigenvalue weighted by atomic mass is 10.2. The number of halogens is 1. The zero-order valence-electron chi connectivity index (χ0n) is 10.4. The van der Waals surface area contributed by atoms with Crippen molar-refractivity contribution >= 4 is 32.5 Å². The van der Waals surface area contributed by atoms with E-state index < -0.39 is 0 Å². The Morgan fingerprint density at radius 2 is 2.10 bits per heavy atom. The fourth-order valence-electron chi connectivity index (χ4n) is 2.10. The van der Waals surface area contributed by atoms with E-state index in [1.54, 1.807) is 18.3 Å². The number of nitro benzene ring substituents is 1. The highest BCUT2D eigenvalue weighted by atomic mass is 79.9. The van der Waals surface area contributed by atoms with Crippen LogP contribution >= 0.6 is 15.9 Å². The number of pyridine rings is 1. The molecular weight excluding hydrogens is 322 g/mol. The Morgan fingerprint density at radius 1 is 1.25 bits per heavy atom. The van der Waals surface area contributed by atoms with Gasteiger partial charge in [0.1, 0.15) is 0 Å². The van der Waals surface area contributed by atoms with Gasteiger partial charge in [-0.05, 0) is 40.2 Å². The standard InChI is InChI=1S/C14H10BrN3O2/c15-11-2-3-12(16-8-11)9-17-6-5-10-1-4-13(18(19)20)7-14(10)17/h1-8H,9H2. The van der Waals surface area contributed by atoms with Crippen molar-refractivity contribution in [1.82, 2.24) is 9.55 Å². The van der Waals surface area contributed by atoms with Gasteiger partial charge in [0, 0.05) is 34.4 Å².